The molecule has 0 aliphatic carbocycles. The highest BCUT2D eigenvalue weighted by Crippen LogP contribution is 2.28. The predicted molar refractivity (Wildman–Crippen MR) is 168 cm³/mol. The summed E-state index contributed by atoms with van der Waals surface area (Å²) in [5.74, 6) is -0.556. The number of quaternary nitrogens is 1. The van der Waals surface area contributed by atoms with Gasteiger partial charge in [-0.1, -0.05) is 51.1 Å². The first-order valence-corrected chi connectivity index (χ1v) is 13.4. The fourth-order valence-electron chi connectivity index (χ4n) is 4.51. The van der Waals surface area contributed by atoms with Crippen LogP contribution in [0, 0.1) is 11.3 Å². The molecule has 7 heteroatoms. The summed E-state index contributed by atoms with van der Waals surface area (Å²) in [5.41, 5.74) is 13.0. The molecule has 2 amide bonds. The van der Waals surface area contributed by atoms with Gasteiger partial charge in [-0.3, -0.25) is 14.1 Å². The van der Waals surface area contributed by atoms with Crippen molar-refractivity contribution in [1.82, 2.24) is 4.48 Å². The zero-order valence-corrected chi connectivity index (χ0v) is 24.4. The Balaban J connectivity index is 1.44. The van der Waals surface area contributed by atoms with Gasteiger partial charge >= 0.3 is 0 Å². The zero-order chi connectivity index (χ0) is 29.9. The molecule has 0 saturated heterocycles. The van der Waals surface area contributed by atoms with E-state index in [0.717, 1.165) is 16.8 Å². The van der Waals surface area contributed by atoms with Crippen molar-refractivity contribution in [2.45, 2.75) is 26.2 Å². The Kier molecular flexibility index (Phi) is 8.00. The molecular formula is C34H36N5O2+. The van der Waals surface area contributed by atoms with Crippen molar-refractivity contribution in [2.75, 3.05) is 37.5 Å². The Morgan fingerprint density at radius 3 is 1.90 bits per heavy atom. The van der Waals surface area contributed by atoms with Gasteiger partial charge in [0, 0.05) is 28.7 Å². The normalized spacial score (nSPS) is 11.4. The maximum atomic E-state index is 12.9. The molecule has 0 atom stereocenters. The Hall–Kier alpha value is -4.93. The fraction of sp³-hybridized carbons (Fsp3) is 0.206. The highest BCUT2D eigenvalue weighted by Gasteiger charge is 2.19. The number of nitriles is 1. The molecule has 0 unspecified atom stereocenters. The van der Waals surface area contributed by atoms with Crippen LogP contribution in [0.3, 0.4) is 0 Å². The average Bonchev–Trinajstić information content (AvgIpc) is 2.92. The number of anilines is 3. The molecule has 4 aromatic rings. The number of amides is 2. The van der Waals surface area contributed by atoms with Crippen LogP contribution in [-0.4, -0.2) is 33.0 Å². The van der Waals surface area contributed by atoms with E-state index in [1.165, 1.54) is 5.56 Å². The number of nitrogens with two attached hydrogens (primary N) is 1. The van der Waals surface area contributed by atoms with Crippen LogP contribution < -0.4 is 20.9 Å². The Labute approximate surface area is 241 Å². The topological polar surface area (TPSA) is 108 Å². The summed E-state index contributed by atoms with van der Waals surface area (Å²) >= 11 is 0. The van der Waals surface area contributed by atoms with E-state index in [9.17, 15) is 14.9 Å². The lowest BCUT2D eigenvalue weighted by Crippen LogP contribution is -2.35. The van der Waals surface area contributed by atoms with E-state index in [0.29, 0.717) is 38.2 Å². The number of nitrogens with zero attached hydrogens (tertiary/aromatic N) is 2. The number of nitrogens with one attached hydrogen (secondary N) is 2. The maximum Gasteiger partial charge on any atom is 0.257 e. The lowest BCUT2D eigenvalue weighted by Gasteiger charge is -2.24. The van der Waals surface area contributed by atoms with Gasteiger partial charge in [0.05, 0.1) is 26.7 Å². The second-order valence-electron chi connectivity index (χ2n) is 12.0. The van der Waals surface area contributed by atoms with Gasteiger partial charge in [0.15, 0.2) is 0 Å². The van der Waals surface area contributed by atoms with E-state index in [1.807, 2.05) is 69.7 Å². The van der Waals surface area contributed by atoms with Crippen LogP contribution in [0.25, 0.3) is 11.1 Å². The molecule has 0 heterocycles. The van der Waals surface area contributed by atoms with Crippen molar-refractivity contribution in [3.63, 3.8) is 0 Å². The fourth-order valence-corrected chi connectivity index (χ4v) is 4.51. The van der Waals surface area contributed by atoms with Crippen LogP contribution in [0.2, 0.25) is 0 Å². The number of carbonyl (C=O) groups is 2. The summed E-state index contributed by atoms with van der Waals surface area (Å²) in [5, 5.41) is 15.3. The van der Waals surface area contributed by atoms with Crippen LogP contribution in [-0.2, 0) is 5.41 Å². The molecule has 4 N–H and O–H groups in total. The minimum absolute atomic E-state index is 0.0325. The van der Waals surface area contributed by atoms with Crippen molar-refractivity contribution in [1.29, 1.82) is 5.26 Å². The number of hydrogen-bond acceptors (Lipinski definition) is 4. The van der Waals surface area contributed by atoms with Crippen molar-refractivity contribution < 1.29 is 9.59 Å². The van der Waals surface area contributed by atoms with Crippen LogP contribution in [0.15, 0.2) is 84.9 Å². The molecule has 0 fully saturated rings. The zero-order valence-electron chi connectivity index (χ0n) is 24.4. The lowest BCUT2D eigenvalue weighted by atomic mass is 9.87. The van der Waals surface area contributed by atoms with Gasteiger partial charge in [0.1, 0.15) is 17.3 Å². The van der Waals surface area contributed by atoms with Crippen LogP contribution in [0.5, 0.6) is 0 Å². The molecule has 4 aromatic carbocycles. The summed E-state index contributed by atoms with van der Waals surface area (Å²) in [6.45, 7) is 6.43. The number of carbonyl (C=O) groups excluding carboxylic acids is 2. The number of nitrogen functional groups attached to an aromatic ring is 1. The molecule has 0 aromatic heterocycles. The van der Waals surface area contributed by atoms with E-state index >= 15 is 0 Å². The third-order valence-corrected chi connectivity index (χ3v) is 6.88. The predicted octanol–water partition coefficient (Wildman–Crippen LogP) is 6.81. The highest BCUT2D eigenvalue weighted by molar-refractivity contribution is 6.08. The summed E-state index contributed by atoms with van der Waals surface area (Å²) in [6, 6.07) is 27.8. The SMILES string of the molecule is CC(C)(C)c1ccc(NC(=O)c2ccc(-c3ccc(C(=O)Nc4ccc([N+](C)(C)C)c(C#N)c4)cc3)cc2N)cc1. The standard InChI is InChI=1S/C34H35N5O2/c1-34(2,3)26-12-14-27(15-13-26)37-33(41)29-17-11-24(20-30(29)36)22-7-9-23(10-8-22)32(40)38-28-16-18-31(39(4,5)6)25(19-28)21-35/h7-20H,1-6H3,(H3-,36,37,38,40,41)/p+1. The summed E-state index contributed by atoms with van der Waals surface area (Å²) in [6.07, 6.45) is 0. The summed E-state index contributed by atoms with van der Waals surface area (Å²) in [4.78, 5) is 25.8. The third kappa shape index (κ3) is 6.81. The maximum absolute atomic E-state index is 12.9. The molecule has 0 bridgehead atoms. The van der Waals surface area contributed by atoms with Gasteiger partial charge in [0.2, 0.25) is 0 Å². The minimum atomic E-state index is -0.279. The van der Waals surface area contributed by atoms with E-state index in [2.05, 4.69) is 37.5 Å². The molecule has 0 spiro atoms. The number of rotatable bonds is 6. The minimum Gasteiger partial charge on any atom is -0.398 e. The highest BCUT2D eigenvalue weighted by atomic mass is 16.2. The Bertz CT molecular complexity index is 1640. The van der Waals surface area contributed by atoms with Crippen molar-refractivity contribution >= 4 is 34.6 Å². The monoisotopic (exact) mass is 546 g/mol. The second-order valence-corrected chi connectivity index (χ2v) is 12.0. The second kappa shape index (κ2) is 11.3. The van der Waals surface area contributed by atoms with Crippen LogP contribution in [0.1, 0.15) is 52.6 Å². The summed E-state index contributed by atoms with van der Waals surface area (Å²) in [7, 11) is 5.95. The van der Waals surface area contributed by atoms with Gasteiger partial charge in [-0.05, 0) is 70.6 Å². The van der Waals surface area contributed by atoms with Crippen molar-refractivity contribution in [3.05, 3.63) is 107 Å². The first-order valence-electron chi connectivity index (χ1n) is 13.4. The van der Waals surface area contributed by atoms with Gasteiger partial charge < -0.3 is 16.4 Å². The summed E-state index contributed by atoms with van der Waals surface area (Å²) < 4.78 is 0.500. The molecule has 7 nitrogen and oxygen atoms in total. The van der Waals surface area contributed by atoms with E-state index < -0.39 is 0 Å². The van der Waals surface area contributed by atoms with Gasteiger partial charge in [-0.25, -0.2) is 0 Å². The molecule has 41 heavy (non-hydrogen) atoms. The molecule has 208 valence electrons. The molecule has 0 saturated carbocycles. The smallest absolute Gasteiger partial charge is 0.257 e. The molecule has 0 aliphatic heterocycles. The van der Waals surface area contributed by atoms with Gasteiger partial charge in [-0.15, -0.1) is 0 Å². The lowest BCUT2D eigenvalue weighted by molar-refractivity contribution is 0.101. The molecule has 0 aliphatic rings. The van der Waals surface area contributed by atoms with E-state index in [-0.39, 0.29) is 17.2 Å². The van der Waals surface area contributed by atoms with Crippen molar-refractivity contribution in [3.8, 4) is 17.2 Å². The first kappa shape index (κ1) is 29.1. The van der Waals surface area contributed by atoms with E-state index in [1.54, 1.807) is 36.4 Å². The number of benzene rings is 4. The number of hydrogen-bond donors (Lipinski definition) is 3. The van der Waals surface area contributed by atoms with Crippen molar-refractivity contribution in [2.24, 2.45) is 0 Å². The average molecular weight is 547 g/mol. The molecule has 0 radical (unpaired) electrons. The Morgan fingerprint density at radius 2 is 1.34 bits per heavy atom. The quantitative estimate of drug-likeness (QED) is 0.182. The van der Waals surface area contributed by atoms with Gasteiger partial charge in [-0.2, -0.15) is 5.26 Å². The molecule has 4 rings (SSSR count). The Morgan fingerprint density at radius 1 is 0.756 bits per heavy atom. The third-order valence-electron chi connectivity index (χ3n) is 6.88. The van der Waals surface area contributed by atoms with Crippen LogP contribution in [0.4, 0.5) is 22.7 Å². The van der Waals surface area contributed by atoms with E-state index in [4.69, 9.17) is 5.73 Å². The van der Waals surface area contributed by atoms with Gasteiger partial charge in [0.25, 0.3) is 11.8 Å². The molecular weight excluding hydrogens is 510 g/mol. The first-order chi connectivity index (χ1) is 19.3. The van der Waals surface area contributed by atoms with Crippen LogP contribution >= 0.6 is 0 Å². The largest absolute Gasteiger partial charge is 0.398 e.